The summed E-state index contributed by atoms with van der Waals surface area (Å²) in [6.07, 6.45) is 1.48. The van der Waals surface area contributed by atoms with Crippen molar-refractivity contribution in [2.75, 3.05) is 17.2 Å². The van der Waals surface area contributed by atoms with Crippen LogP contribution in [0.25, 0.3) is 0 Å². The zero-order chi connectivity index (χ0) is 12.1. The Balaban J connectivity index is 2.04. The van der Waals surface area contributed by atoms with Crippen molar-refractivity contribution in [2.24, 2.45) is 0 Å². The summed E-state index contributed by atoms with van der Waals surface area (Å²) in [4.78, 5) is 11.7. The molecule has 8 heteroatoms. The van der Waals surface area contributed by atoms with Crippen molar-refractivity contribution in [1.29, 1.82) is 0 Å². The molecule has 2 aromatic heterocycles. The topological polar surface area (TPSA) is 92.7 Å². The number of hydrogen-bond acceptors (Lipinski definition) is 7. The highest BCUT2D eigenvalue weighted by atomic mass is 32.1. The molecule has 0 atom stereocenters. The number of hydrogen-bond donors (Lipinski definition) is 2. The molecule has 0 aliphatic rings. The Kier molecular flexibility index (Phi) is 3.55. The standard InChI is InChI=1S/C9H10N6OS/c1-2-10-7-4-3-6(13-14-7)9(16)12-8-5-11-15-17-8/h3-5H,2H2,1H3,(H,10,14)(H,12,16). The lowest BCUT2D eigenvalue weighted by atomic mass is 10.3. The molecule has 0 unspecified atom stereocenters. The lowest BCUT2D eigenvalue weighted by Gasteiger charge is -2.02. The minimum atomic E-state index is -0.327. The molecule has 0 saturated heterocycles. The predicted molar refractivity (Wildman–Crippen MR) is 64.1 cm³/mol. The van der Waals surface area contributed by atoms with E-state index >= 15 is 0 Å². The van der Waals surface area contributed by atoms with E-state index < -0.39 is 0 Å². The van der Waals surface area contributed by atoms with Gasteiger partial charge in [-0.1, -0.05) is 4.49 Å². The van der Waals surface area contributed by atoms with E-state index in [4.69, 9.17) is 0 Å². The van der Waals surface area contributed by atoms with Crippen molar-refractivity contribution in [1.82, 2.24) is 19.8 Å². The number of aromatic nitrogens is 4. The summed E-state index contributed by atoms with van der Waals surface area (Å²) in [6, 6.07) is 3.31. The van der Waals surface area contributed by atoms with Crippen molar-refractivity contribution < 1.29 is 4.79 Å². The van der Waals surface area contributed by atoms with Crippen LogP contribution in [0.2, 0.25) is 0 Å². The maximum absolute atomic E-state index is 11.7. The molecular weight excluding hydrogens is 240 g/mol. The molecule has 1 amide bonds. The lowest BCUT2D eigenvalue weighted by molar-refractivity contribution is 0.102. The van der Waals surface area contributed by atoms with Crippen LogP contribution in [0.1, 0.15) is 17.4 Å². The minimum Gasteiger partial charge on any atom is -0.369 e. The van der Waals surface area contributed by atoms with Crippen LogP contribution in [0.3, 0.4) is 0 Å². The van der Waals surface area contributed by atoms with Crippen molar-refractivity contribution >= 4 is 28.3 Å². The van der Waals surface area contributed by atoms with E-state index in [0.29, 0.717) is 10.8 Å². The summed E-state index contributed by atoms with van der Waals surface area (Å²) >= 11 is 1.10. The zero-order valence-electron chi connectivity index (χ0n) is 9.04. The van der Waals surface area contributed by atoms with Crippen LogP contribution in [-0.2, 0) is 0 Å². The fourth-order valence-corrected chi connectivity index (χ4v) is 1.54. The molecule has 0 aliphatic heterocycles. The Morgan fingerprint density at radius 3 is 2.88 bits per heavy atom. The van der Waals surface area contributed by atoms with Crippen LogP contribution in [0, 0.1) is 0 Å². The predicted octanol–water partition coefficient (Wildman–Crippen LogP) is 1.01. The van der Waals surface area contributed by atoms with Crippen LogP contribution in [0.5, 0.6) is 0 Å². The molecule has 0 bridgehead atoms. The third kappa shape index (κ3) is 2.94. The Morgan fingerprint density at radius 2 is 2.29 bits per heavy atom. The number of nitrogens with one attached hydrogen (secondary N) is 2. The molecule has 88 valence electrons. The average molecular weight is 250 g/mol. The molecule has 0 fully saturated rings. The van der Waals surface area contributed by atoms with Gasteiger partial charge in [-0.25, -0.2) is 0 Å². The Hall–Kier alpha value is -2.09. The fourth-order valence-electron chi connectivity index (χ4n) is 1.13. The van der Waals surface area contributed by atoms with E-state index in [1.807, 2.05) is 6.92 Å². The lowest BCUT2D eigenvalue weighted by Crippen LogP contribution is -2.14. The SMILES string of the molecule is CCNc1ccc(C(=O)Nc2cnns2)nn1. The highest BCUT2D eigenvalue weighted by Crippen LogP contribution is 2.10. The Labute approximate surface area is 101 Å². The average Bonchev–Trinajstić information content (AvgIpc) is 2.83. The van der Waals surface area contributed by atoms with Crippen LogP contribution in [0.4, 0.5) is 10.8 Å². The molecule has 2 heterocycles. The van der Waals surface area contributed by atoms with Gasteiger partial charge in [-0.3, -0.25) is 4.79 Å². The first-order valence-electron chi connectivity index (χ1n) is 4.96. The molecule has 0 aliphatic carbocycles. The molecule has 7 nitrogen and oxygen atoms in total. The van der Waals surface area contributed by atoms with Crippen LogP contribution in [0.15, 0.2) is 18.3 Å². The third-order valence-electron chi connectivity index (χ3n) is 1.85. The van der Waals surface area contributed by atoms with E-state index in [9.17, 15) is 4.79 Å². The largest absolute Gasteiger partial charge is 0.369 e. The van der Waals surface area contributed by atoms with Gasteiger partial charge in [0.15, 0.2) is 5.69 Å². The number of carbonyl (C=O) groups is 1. The summed E-state index contributed by atoms with van der Waals surface area (Å²) in [5.41, 5.74) is 0.250. The molecule has 2 N–H and O–H groups in total. The highest BCUT2D eigenvalue weighted by molar-refractivity contribution is 7.10. The van der Waals surface area contributed by atoms with Crippen molar-refractivity contribution in [3.8, 4) is 0 Å². The number of anilines is 2. The van der Waals surface area contributed by atoms with Gasteiger partial charge in [0.05, 0.1) is 6.20 Å². The Bertz CT molecular complexity index is 483. The second-order valence-electron chi connectivity index (χ2n) is 3.07. The third-order valence-corrected chi connectivity index (χ3v) is 2.43. The summed E-state index contributed by atoms with van der Waals surface area (Å²) in [7, 11) is 0. The molecule has 0 radical (unpaired) electrons. The highest BCUT2D eigenvalue weighted by Gasteiger charge is 2.09. The summed E-state index contributed by atoms with van der Waals surface area (Å²) in [5.74, 6) is 0.315. The first-order valence-corrected chi connectivity index (χ1v) is 5.73. The second kappa shape index (κ2) is 5.30. The molecule has 0 spiro atoms. The monoisotopic (exact) mass is 250 g/mol. The first kappa shape index (κ1) is 11.4. The second-order valence-corrected chi connectivity index (χ2v) is 3.86. The van der Waals surface area contributed by atoms with Gasteiger partial charge in [0, 0.05) is 18.1 Å². The van der Waals surface area contributed by atoms with Crippen molar-refractivity contribution in [3.05, 3.63) is 24.0 Å². The van der Waals surface area contributed by atoms with Crippen LogP contribution in [-0.4, -0.2) is 32.2 Å². The van der Waals surface area contributed by atoms with Crippen LogP contribution >= 0.6 is 11.5 Å². The van der Waals surface area contributed by atoms with E-state index in [0.717, 1.165) is 18.1 Å². The van der Waals surface area contributed by atoms with Gasteiger partial charge in [0.1, 0.15) is 10.8 Å². The van der Waals surface area contributed by atoms with Gasteiger partial charge in [-0.15, -0.1) is 15.3 Å². The van der Waals surface area contributed by atoms with Crippen molar-refractivity contribution in [3.63, 3.8) is 0 Å². The minimum absolute atomic E-state index is 0.250. The van der Waals surface area contributed by atoms with Gasteiger partial charge < -0.3 is 10.6 Å². The van der Waals surface area contributed by atoms with E-state index in [1.165, 1.54) is 6.20 Å². The zero-order valence-corrected chi connectivity index (χ0v) is 9.86. The van der Waals surface area contributed by atoms with Gasteiger partial charge in [-0.2, -0.15) is 0 Å². The van der Waals surface area contributed by atoms with Gasteiger partial charge >= 0.3 is 0 Å². The summed E-state index contributed by atoms with van der Waals surface area (Å²) in [5, 5.41) is 17.5. The molecular formula is C9H10N6OS. The number of rotatable bonds is 4. The molecule has 0 aromatic carbocycles. The molecule has 0 saturated carbocycles. The fraction of sp³-hybridized carbons (Fsp3) is 0.222. The smallest absolute Gasteiger partial charge is 0.276 e. The van der Waals surface area contributed by atoms with Gasteiger partial charge in [-0.05, 0) is 19.1 Å². The summed E-state index contributed by atoms with van der Waals surface area (Å²) < 4.78 is 3.64. The maximum atomic E-state index is 11.7. The number of nitrogens with zero attached hydrogens (tertiary/aromatic N) is 4. The molecule has 2 aromatic rings. The molecule has 2 rings (SSSR count). The van der Waals surface area contributed by atoms with Crippen LogP contribution < -0.4 is 10.6 Å². The van der Waals surface area contributed by atoms with E-state index in [2.05, 4.69) is 30.4 Å². The number of carbonyl (C=O) groups excluding carboxylic acids is 1. The van der Waals surface area contributed by atoms with E-state index in [1.54, 1.807) is 12.1 Å². The quantitative estimate of drug-likeness (QED) is 0.841. The normalized spacial score (nSPS) is 9.94. The number of amides is 1. The molecule has 17 heavy (non-hydrogen) atoms. The maximum Gasteiger partial charge on any atom is 0.276 e. The van der Waals surface area contributed by atoms with Gasteiger partial charge in [0.25, 0.3) is 5.91 Å². The summed E-state index contributed by atoms with van der Waals surface area (Å²) in [6.45, 7) is 2.71. The Morgan fingerprint density at radius 1 is 1.41 bits per heavy atom. The van der Waals surface area contributed by atoms with Crippen molar-refractivity contribution in [2.45, 2.75) is 6.92 Å². The first-order chi connectivity index (χ1) is 8.29. The van der Waals surface area contributed by atoms with Gasteiger partial charge in [0.2, 0.25) is 0 Å². The van der Waals surface area contributed by atoms with E-state index in [-0.39, 0.29) is 11.6 Å².